The molecule has 20 heavy (non-hydrogen) atoms. The van der Waals surface area contributed by atoms with Gasteiger partial charge in [0.2, 0.25) is 0 Å². The standard InChI is InChI=1S/C15H10ClN3O/c16-14-9-17-8-13(19-14)15(20)18-12-6-5-10-3-1-2-4-11(10)7-12/h1-9H,(H,18,20). The Labute approximate surface area is 120 Å². The van der Waals surface area contributed by atoms with Crippen LogP contribution in [0.3, 0.4) is 0 Å². The van der Waals surface area contributed by atoms with Crippen LogP contribution in [-0.4, -0.2) is 15.9 Å². The number of aromatic nitrogens is 2. The molecule has 0 saturated heterocycles. The quantitative estimate of drug-likeness (QED) is 0.783. The fourth-order valence-corrected chi connectivity index (χ4v) is 2.06. The van der Waals surface area contributed by atoms with Crippen LogP contribution in [0.1, 0.15) is 10.5 Å². The summed E-state index contributed by atoms with van der Waals surface area (Å²) in [5.41, 5.74) is 0.890. The molecule has 1 amide bonds. The van der Waals surface area contributed by atoms with Gasteiger partial charge in [-0.15, -0.1) is 0 Å². The number of nitrogens with one attached hydrogen (secondary N) is 1. The highest BCUT2D eigenvalue weighted by Gasteiger charge is 2.09. The number of hydrogen-bond acceptors (Lipinski definition) is 3. The predicted octanol–water partition coefficient (Wildman–Crippen LogP) is 3.54. The van der Waals surface area contributed by atoms with E-state index >= 15 is 0 Å². The van der Waals surface area contributed by atoms with Crippen LogP contribution in [0.25, 0.3) is 10.8 Å². The van der Waals surface area contributed by atoms with Crippen molar-refractivity contribution in [3.63, 3.8) is 0 Å². The van der Waals surface area contributed by atoms with Crippen molar-refractivity contribution in [2.24, 2.45) is 0 Å². The average molecular weight is 284 g/mol. The molecule has 3 rings (SSSR count). The van der Waals surface area contributed by atoms with Gasteiger partial charge in [0.15, 0.2) is 0 Å². The van der Waals surface area contributed by atoms with Gasteiger partial charge in [-0.3, -0.25) is 9.78 Å². The highest BCUT2D eigenvalue weighted by Crippen LogP contribution is 2.19. The first-order valence-corrected chi connectivity index (χ1v) is 6.38. The number of carbonyl (C=O) groups excluding carboxylic acids is 1. The SMILES string of the molecule is O=C(Nc1ccc2ccccc2c1)c1cncc(Cl)n1. The van der Waals surface area contributed by atoms with Crippen molar-refractivity contribution in [1.29, 1.82) is 0 Å². The maximum Gasteiger partial charge on any atom is 0.275 e. The minimum absolute atomic E-state index is 0.186. The van der Waals surface area contributed by atoms with Gasteiger partial charge in [0, 0.05) is 5.69 Å². The summed E-state index contributed by atoms with van der Waals surface area (Å²) in [5.74, 6) is -0.338. The summed E-state index contributed by atoms with van der Waals surface area (Å²) in [5, 5.41) is 5.14. The summed E-state index contributed by atoms with van der Waals surface area (Å²) in [4.78, 5) is 19.8. The Kier molecular flexibility index (Phi) is 3.31. The van der Waals surface area contributed by atoms with Gasteiger partial charge in [0.25, 0.3) is 5.91 Å². The van der Waals surface area contributed by atoms with E-state index in [-0.39, 0.29) is 16.8 Å². The zero-order valence-corrected chi connectivity index (χ0v) is 11.1. The summed E-state index contributed by atoms with van der Waals surface area (Å²) in [7, 11) is 0. The molecule has 0 aliphatic rings. The van der Waals surface area contributed by atoms with Crippen LogP contribution in [0.4, 0.5) is 5.69 Å². The zero-order chi connectivity index (χ0) is 13.9. The monoisotopic (exact) mass is 283 g/mol. The summed E-state index contributed by atoms with van der Waals surface area (Å²) < 4.78 is 0. The number of anilines is 1. The Morgan fingerprint density at radius 3 is 2.65 bits per heavy atom. The number of carbonyl (C=O) groups is 1. The van der Waals surface area contributed by atoms with Gasteiger partial charge in [0.1, 0.15) is 10.8 Å². The zero-order valence-electron chi connectivity index (χ0n) is 10.4. The largest absolute Gasteiger partial charge is 0.321 e. The third kappa shape index (κ3) is 2.60. The third-order valence-electron chi connectivity index (χ3n) is 2.85. The molecule has 98 valence electrons. The summed E-state index contributed by atoms with van der Waals surface area (Å²) >= 11 is 5.72. The number of rotatable bonds is 2. The van der Waals surface area contributed by atoms with Crippen LogP contribution in [0.2, 0.25) is 5.15 Å². The molecule has 1 aromatic heterocycles. The molecule has 0 fully saturated rings. The van der Waals surface area contributed by atoms with Crippen molar-refractivity contribution in [2.75, 3.05) is 5.32 Å². The Balaban J connectivity index is 1.87. The number of nitrogens with zero attached hydrogens (tertiary/aromatic N) is 2. The molecule has 0 unspecified atom stereocenters. The molecule has 2 aromatic carbocycles. The molecule has 0 aliphatic heterocycles. The second-order valence-electron chi connectivity index (χ2n) is 4.24. The smallest absolute Gasteiger partial charge is 0.275 e. The van der Waals surface area contributed by atoms with Gasteiger partial charge in [-0.2, -0.15) is 0 Å². The van der Waals surface area contributed by atoms with E-state index in [1.807, 2.05) is 42.5 Å². The number of benzene rings is 2. The van der Waals surface area contributed by atoms with Crippen LogP contribution in [0.15, 0.2) is 54.9 Å². The maximum absolute atomic E-state index is 12.0. The minimum atomic E-state index is -0.338. The molecule has 1 N–H and O–H groups in total. The van der Waals surface area contributed by atoms with E-state index in [9.17, 15) is 4.79 Å². The second-order valence-corrected chi connectivity index (χ2v) is 4.63. The van der Waals surface area contributed by atoms with E-state index in [0.717, 1.165) is 10.8 Å². The average Bonchev–Trinajstić information content (AvgIpc) is 2.47. The van der Waals surface area contributed by atoms with Gasteiger partial charge in [-0.25, -0.2) is 4.98 Å². The van der Waals surface area contributed by atoms with Crippen molar-refractivity contribution in [3.05, 3.63) is 65.7 Å². The van der Waals surface area contributed by atoms with Crippen molar-refractivity contribution in [1.82, 2.24) is 9.97 Å². The molecular formula is C15H10ClN3O. The molecule has 5 heteroatoms. The summed E-state index contributed by atoms with van der Waals surface area (Å²) in [6.07, 6.45) is 2.76. The molecule has 0 aliphatic carbocycles. The van der Waals surface area contributed by atoms with E-state index < -0.39 is 0 Å². The van der Waals surface area contributed by atoms with E-state index in [1.165, 1.54) is 12.4 Å². The van der Waals surface area contributed by atoms with E-state index in [0.29, 0.717) is 5.69 Å². The molecule has 0 spiro atoms. The van der Waals surface area contributed by atoms with Gasteiger partial charge < -0.3 is 5.32 Å². The molecule has 4 nitrogen and oxygen atoms in total. The lowest BCUT2D eigenvalue weighted by Gasteiger charge is -2.06. The molecule has 0 radical (unpaired) electrons. The lowest BCUT2D eigenvalue weighted by Crippen LogP contribution is -2.14. The number of amides is 1. The lowest BCUT2D eigenvalue weighted by molar-refractivity contribution is 0.102. The molecule has 1 heterocycles. The van der Waals surface area contributed by atoms with Crippen molar-refractivity contribution >= 4 is 34.0 Å². The van der Waals surface area contributed by atoms with E-state index in [2.05, 4.69) is 15.3 Å². The lowest BCUT2D eigenvalue weighted by atomic mass is 10.1. The normalized spacial score (nSPS) is 10.4. The van der Waals surface area contributed by atoms with E-state index in [1.54, 1.807) is 0 Å². The van der Waals surface area contributed by atoms with Crippen LogP contribution in [0, 0.1) is 0 Å². The molecule has 0 saturated carbocycles. The highest BCUT2D eigenvalue weighted by atomic mass is 35.5. The first-order chi connectivity index (χ1) is 9.72. The van der Waals surface area contributed by atoms with E-state index in [4.69, 9.17) is 11.6 Å². The van der Waals surface area contributed by atoms with Crippen molar-refractivity contribution in [2.45, 2.75) is 0 Å². The number of hydrogen-bond donors (Lipinski definition) is 1. The number of halogens is 1. The molecular weight excluding hydrogens is 274 g/mol. The Morgan fingerprint density at radius 1 is 1.05 bits per heavy atom. The van der Waals surface area contributed by atoms with Crippen molar-refractivity contribution in [3.8, 4) is 0 Å². The maximum atomic E-state index is 12.0. The van der Waals surface area contributed by atoms with Crippen LogP contribution in [0.5, 0.6) is 0 Å². The molecule has 3 aromatic rings. The Hall–Kier alpha value is -2.46. The highest BCUT2D eigenvalue weighted by molar-refractivity contribution is 6.29. The first kappa shape index (κ1) is 12.6. The summed E-state index contributed by atoms with van der Waals surface area (Å²) in [6.45, 7) is 0. The number of fused-ring (bicyclic) bond motifs is 1. The van der Waals surface area contributed by atoms with Crippen LogP contribution >= 0.6 is 11.6 Å². The van der Waals surface area contributed by atoms with Gasteiger partial charge in [-0.05, 0) is 22.9 Å². The first-order valence-electron chi connectivity index (χ1n) is 6.00. The molecule has 0 atom stereocenters. The fraction of sp³-hybridized carbons (Fsp3) is 0. The predicted molar refractivity (Wildman–Crippen MR) is 78.9 cm³/mol. The Bertz CT molecular complexity index is 789. The second kappa shape index (κ2) is 5.27. The summed E-state index contributed by atoms with van der Waals surface area (Å²) in [6, 6.07) is 13.6. The van der Waals surface area contributed by atoms with Gasteiger partial charge in [-0.1, -0.05) is 41.9 Å². The van der Waals surface area contributed by atoms with Crippen LogP contribution < -0.4 is 5.32 Å². The van der Waals surface area contributed by atoms with Gasteiger partial charge >= 0.3 is 0 Å². The minimum Gasteiger partial charge on any atom is -0.321 e. The van der Waals surface area contributed by atoms with Gasteiger partial charge in [0.05, 0.1) is 12.4 Å². The fourth-order valence-electron chi connectivity index (χ4n) is 1.91. The third-order valence-corrected chi connectivity index (χ3v) is 3.03. The Morgan fingerprint density at radius 2 is 1.85 bits per heavy atom. The van der Waals surface area contributed by atoms with Crippen LogP contribution in [-0.2, 0) is 0 Å². The molecule has 0 bridgehead atoms. The van der Waals surface area contributed by atoms with Crippen molar-refractivity contribution < 1.29 is 4.79 Å². The topological polar surface area (TPSA) is 54.9 Å².